The largest absolute Gasteiger partial charge is 0.364 e. The monoisotopic (exact) mass is 264 g/mol. The minimum absolute atomic E-state index is 0.0693. The summed E-state index contributed by atoms with van der Waals surface area (Å²) in [6.45, 7) is 0.0693. The molecule has 0 aliphatic rings. The van der Waals surface area contributed by atoms with Crippen LogP contribution in [0.3, 0.4) is 0 Å². The SMILES string of the molecule is CNC(=S)NNC(=O)Cn1nnc2ccccc21. The number of carbonyl (C=O) groups excluding carboxylic acids is 1. The summed E-state index contributed by atoms with van der Waals surface area (Å²) in [5.41, 5.74) is 6.57. The molecule has 0 fully saturated rings. The molecule has 94 valence electrons. The Balaban J connectivity index is 2.01. The van der Waals surface area contributed by atoms with Crippen molar-refractivity contribution >= 4 is 34.3 Å². The third kappa shape index (κ3) is 2.72. The first-order chi connectivity index (χ1) is 8.70. The van der Waals surface area contributed by atoms with Crippen molar-refractivity contribution in [2.75, 3.05) is 7.05 Å². The highest BCUT2D eigenvalue weighted by Gasteiger charge is 2.08. The molecule has 0 atom stereocenters. The van der Waals surface area contributed by atoms with Gasteiger partial charge in [0.2, 0.25) is 0 Å². The van der Waals surface area contributed by atoms with Gasteiger partial charge < -0.3 is 5.32 Å². The number of thiocarbonyl (C=S) groups is 1. The zero-order valence-electron chi connectivity index (χ0n) is 9.67. The highest BCUT2D eigenvalue weighted by atomic mass is 32.1. The second-order valence-corrected chi connectivity index (χ2v) is 3.90. The molecule has 2 aromatic rings. The first-order valence-corrected chi connectivity index (χ1v) is 5.66. The number of carbonyl (C=O) groups is 1. The molecular weight excluding hydrogens is 252 g/mol. The molecule has 1 aromatic carbocycles. The first kappa shape index (κ1) is 12.2. The van der Waals surface area contributed by atoms with Gasteiger partial charge in [0.15, 0.2) is 5.11 Å². The lowest BCUT2D eigenvalue weighted by Gasteiger charge is -2.08. The maximum atomic E-state index is 11.6. The van der Waals surface area contributed by atoms with Gasteiger partial charge in [-0.1, -0.05) is 17.3 Å². The van der Waals surface area contributed by atoms with Crippen LogP contribution in [0.2, 0.25) is 0 Å². The minimum Gasteiger partial charge on any atom is -0.364 e. The number of nitrogens with one attached hydrogen (secondary N) is 3. The fraction of sp³-hybridized carbons (Fsp3) is 0.200. The van der Waals surface area contributed by atoms with E-state index in [9.17, 15) is 4.79 Å². The van der Waals surface area contributed by atoms with E-state index in [0.717, 1.165) is 11.0 Å². The van der Waals surface area contributed by atoms with E-state index in [2.05, 4.69) is 26.5 Å². The molecule has 0 unspecified atom stereocenters. The first-order valence-electron chi connectivity index (χ1n) is 5.25. The van der Waals surface area contributed by atoms with Crippen LogP contribution in [0.5, 0.6) is 0 Å². The third-order valence-corrected chi connectivity index (χ3v) is 2.56. The van der Waals surface area contributed by atoms with Crippen LogP contribution < -0.4 is 16.2 Å². The quantitative estimate of drug-likeness (QED) is 0.503. The Labute approximate surface area is 109 Å². The normalized spacial score (nSPS) is 10.1. The number of aromatic nitrogens is 3. The molecule has 0 saturated carbocycles. The molecule has 2 rings (SSSR count). The topological polar surface area (TPSA) is 83.9 Å². The van der Waals surface area contributed by atoms with Crippen LogP contribution in [0.1, 0.15) is 0 Å². The average Bonchev–Trinajstić information content (AvgIpc) is 2.79. The summed E-state index contributed by atoms with van der Waals surface area (Å²) in [6.07, 6.45) is 0. The van der Waals surface area contributed by atoms with Crippen LogP contribution in [0, 0.1) is 0 Å². The molecule has 1 heterocycles. The van der Waals surface area contributed by atoms with E-state index < -0.39 is 0 Å². The van der Waals surface area contributed by atoms with Crippen LogP contribution in [-0.2, 0) is 11.3 Å². The van der Waals surface area contributed by atoms with Crippen molar-refractivity contribution in [1.29, 1.82) is 0 Å². The molecule has 0 saturated heterocycles. The van der Waals surface area contributed by atoms with Gasteiger partial charge in [0.25, 0.3) is 5.91 Å². The molecule has 0 aliphatic heterocycles. The number of benzene rings is 1. The fourth-order valence-corrected chi connectivity index (χ4v) is 1.45. The van der Waals surface area contributed by atoms with Gasteiger partial charge in [0.1, 0.15) is 12.1 Å². The van der Waals surface area contributed by atoms with Crippen LogP contribution in [0.25, 0.3) is 11.0 Å². The molecular formula is C10H12N6OS. The number of para-hydroxylation sites is 1. The van der Waals surface area contributed by atoms with Gasteiger partial charge in [0.05, 0.1) is 5.52 Å². The van der Waals surface area contributed by atoms with Crippen molar-refractivity contribution in [3.05, 3.63) is 24.3 Å². The second-order valence-electron chi connectivity index (χ2n) is 3.49. The number of nitrogens with zero attached hydrogens (tertiary/aromatic N) is 3. The van der Waals surface area contributed by atoms with Gasteiger partial charge in [0, 0.05) is 7.05 Å². The Kier molecular flexibility index (Phi) is 3.68. The van der Waals surface area contributed by atoms with Gasteiger partial charge >= 0.3 is 0 Å². The summed E-state index contributed by atoms with van der Waals surface area (Å²) in [5, 5.41) is 10.9. The molecule has 18 heavy (non-hydrogen) atoms. The van der Waals surface area contributed by atoms with Crippen molar-refractivity contribution in [3.8, 4) is 0 Å². The van der Waals surface area contributed by atoms with Gasteiger partial charge in [-0.2, -0.15) is 0 Å². The number of fused-ring (bicyclic) bond motifs is 1. The predicted molar refractivity (Wildman–Crippen MR) is 70.5 cm³/mol. The van der Waals surface area contributed by atoms with E-state index in [4.69, 9.17) is 12.2 Å². The lowest BCUT2D eigenvalue weighted by Crippen LogP contribution is -2.46. The van der Waals surface area contributed by atoms with Crippen molar-refractivity contribution in [1.82, 2.24) is 31.2 Å². The summed E-state index contributed by atoms with van der Waals surface area (Å²) < 4.78 is 1.52. The van der Waals surface area contributed by atoms with E-state index in [0.29, 0.717) is 5.11 Å². The molecule has 0 spiro atoms. The number of amides is 1. The zero-order chi connectivity index (χ0) is 13.0. The Morgan fingerprint density at radius 1 is 1.39 bits per heavy atom. The van der Waals surface area contributed by atoms with Gasteiger partial charge in [-0.15, -0.1) is 5.10 Å². The van der Waals surface area contributed by atoms with Crippen molar-refractivity contribution in [2.24, 2.45) is 0 Å². The number of hydrogen-bond acceptors (Lipinski definition) is 4. The molecule has 3 N–H and O–H groups in total. The van der Waals surface area contributed by atoms with E-state index in [1.807, 2.05) is 24.3 Å². The second kappa shape index (κ2) is 5.41. The molecule has 1 amide bonds. The minimum atomic E-state index is -0.261. The Bertz CT molecular complexity index is 581. The molecule has 8 heteroatoms. The zero-order valence-corrected chi connectivity index (χ0v) is 10.5. The van der Waals surface area contributed by atoms with Gasteiger partial charge in [-0.25, -0.2) is 4.68 Å². The highest BCUT2D eigenvalue weighted by molar-refractivity contribution is 7.80. The molecule has 0 aliphatic carbocycles. The Morgan fingerprint density at radius 3 is 2.94 bits per heavy atom. The van der Waals surface area contributed by atoms with Crippen LogP contribution >= 0.6 is 12.2 Å². The summed E-state index contributed by atoms with van der Waals surface area (Å²) in [7, 11) is 1.66. The smallest absolute Gasteiger partial charge is 0.260 e. The van der Waals surface area contributed by atoms with Crippen LogP contribution in [0.4, 0.5) is 0 Å². The lowest BCUT2D eigenvalue weighted by molar-refractivity contribution is -0.122. The fourth-order valence-electron chi connectivity index (χ4n) is 1.40. The van der Waals surface area contributed by atoms with Crippen LogP contribution in [0.15, 0.2) is 24.3 Å². The summed E-state index contributed by atoms with van der Waals surface area (Å²) in [4.78, 5) is 11.6. The van der Waals surface area contributed by atoms with E-state index in [-0.39, 0.29) is 12.5 Å². The standard InChI is InChI=1S/C10H12N6OS/c1-11-10(18)14-13-9(17)6-16-8-5-3-2-4-7(8)12-15-16/h2-5H,6H2,1H3,(H,13,17)(H2,11,14,18). The number of hydrogen-bond donors (Lipinski definition) is 3. The van der Waals surface area contributed by atoms with Crippen molar-refractivity contribution in [2.45, 2.75) is 6.54 Å². The molecule has 1 aromatic heterocycles. The van der Waals surface area contributed by atoms with Crippen molar-refractivity contribution < 1.29 is 4.79 Å². The lowest BCUT2D eigenvalue weighted by atomic mass is 10.3. The Hall–Kier alpha value is -2.22. The third-order valence-electron chi connectivity index (χ3n) is 2.26. The van der Waals surface area contributed by atoms with Crippen LogP contribution in [-0.4, -0.2) is 33.1 Å². The summed E-state index contributed by atoms with van der Waals surface area (Å²) >= 11 is 4.83. The molecule has 7 nitrogen and oxygen atoms in total. The van der Waals surface area contributed by atoms with Crippen molar-refractivity contribution in [3.63, 3.8) is 0 Å². The van der Waals surface area contributed by atoms with E-state index in [1.54, 1.807) is 7.05 Å². The summed E-state index contributed by atoms with van der Waals surface area (Å²) in [5.74, 6) is -0.261. The average molecular weight is 264 g/mol. The van der Waals surface area contributed by atoms with Gasteiger partial charge in [-0.05, 0) is 24.4 Å². The maximum absolute atomic E-state index is 11.6. The Morgan fingerprint density at radius 2 is 2.17 bits per heavy atom. The predicted octanol–water partition coefficient (Wildman–Crippen LogP) is -0.444. The van der Waals surface area contributed by atoms with Gasteiger partial charge in [-0.3, -0.25) is 15.6 Å². The summed E-state index contributed by atoms with van der Waals surface area (Å²) in [6, 6.07) is 7.43. The maximum Gasteiger partial charge on any atom is 0.260 e. The van der Waals surface area contributed by atoms with E-state index >= 15 is 0 Å². The van der Waals surface area contributed by atoms with E-state index in [1.165, 1.54) is 4.68 Å². The number of rotatable bonds is 2. The molecule has 0 bridgehead atoms. The molecule has 0 radical (unpaired) electrons. The highest BCUT2D eigenvalue weighted by Crippen LogP contribution is 2.08. The number of hydrazine groups is 1.